The van der Waals surface area contributed by atoms with E-state index in [1.807, 2.05) is 12.1 Å². The molecule has 0 fully saturated rings. The van der Waals surface area contributed by atoms with Gasteiger partial charge in [-0.2, -0.15) is 0 Å². The SMILES string of the molecule is Cc1cc(Br)ccc1OCC(C)CBr. The fourth-order valence-electron chi connectivity index (χ4n) is 1.05. The van der Waals surface area contributed by atoms with Crippen LogP contribution in [0.5, 0.6) is 5.75 Å². The van der Waals surface area contributed by atoms with Crippen molar-refractivity contribution in [2.75, 3.05) is 11.9 Å². The summed E-state index contributed by atoms with van der Waals surface area (Å²) in [6, 6.07) is 6.07. The highest BCUT2D eigenvalue weighted by molar-refractivity contribution is 9.10. The van der Waals surface area contributed by atoms with E-state index in [9.17, 15) is 0 Å². The van der Waals surface area contributed by atoms with E-state index in [0.717, 1.165) is 22.2 Å². The number of hydrogen-bond donors (Lipinski definition) is 0. The van der Waals surface area contributed by atoms with Crippen molar-refractivity contribution < 1.29 is 4.74 Å². The van der Waals surface area contributed by atoms with Gasteiger partial charge in [0, 0.05) is 9.80 Å². The first kappa shape index (κ1) is 12.1. The Morgan fingerprint density at radius 3 is 2.71 bits per heavy atom. The van der Waals surface area contributed by atoms with Gasteiger partial charge in [-0.05, 0) is 36.6 Å². The zero-order valence-corrected chi connectivity index (χ0v) is 11.6. The van der Waals surface area contributed by atoms with Gasteiger partial charge in [0.2, 0.25) is 0 Å². The average molecular weight is 322 g/mol. The maximum atomic E-state index is 5.69. The van der Waals surface area contributed by atoms with Crippen molar-refractivity contribution >= 4 is 31.9 Å². The summed E-state index contributed by atoms with van der Waals surface area (Å²) >= 11 is 6.86. The minimum atomic E-state index is 0.540. The molecule has 1 unspecified atom stereocenters. The lowest BCUT2D eigenvalue weighted by Crippen LogP contribution is -2.09. The summed E-state index contributed by atoms with van der Waals surface area (Å²) in [6.07, 6.45) is 0. The number of ether oxygens (including phenoxy) is 1. The van der Waals surface area contributed by atoms with E-state index in [4.69, 9.17) is 4.74 Å². The number of hydrogen-bond acceptors (Lipinski definition) is 1. The molecular formula is C11H14Br2O. The third-order valence-electron chi connectivity index (χ3n) is 1.92. The number of aryl methyl sites for hydroxylation is 1. The van der Waals surface area contributed by atoms with Crippen LogP contribution in [0, 0.1) is 12.8 Å². The van der Waals surface area contributed by atoms with Crippen LogP contribution in [0.25, 0.3) is 0 Å². The predicted molar refractivity (Wildman–Crippen MR) is 67.3 cm³/mol. The predicted octanol–water partition coefficient (Wildman–Crippen LogP) is 4.17. The molecule has 0 N–H and O–H groups in total. The zero-order valence-electron chi connectivity index (χ0n) is 8.39. The summed E-state index contributed by atoms with van der Waals surface area (Å²) in [5.41, 5.74) is 1.17. The quantitative estimate of drug-likeness (QED) is 0.756. The Morgan fingerprint density at radius 1 is 1.43 bits per heavy atom. The third-order valence-corrected chi connectivity index (χ3v) is 3.52. The van der Waals surface area contributed by atoms with E-state index in [1.54, 1.807) is 0 Å². The molecule has 1 atom stereocenters. The van der Waals surface area contributed by atoms with Crippen LogP contribution < -0.4 is 4.74 Å². The van der Waals surface area contributed by atoms with Gasteiger partial charge in [0.25, 0.3) is 0 Å². The monoisotopic (exact) mass is 320 g/mol. The Kier molecular flexibility index (Phi) is 4.96. The highest BCUT2D eigenvalue weighted by Gasteiger charge is 2.03. The van der Waals surface area contributed by atoms with E-state index in [0.29, 0.717) is 5.92 Å². The molecule has 0 spiro atoms. The van der Waals surface area contributed by atoms with Gasteiger partial charge in [-0.15, -0.1) is 0 Å². The van der Waals surface area contributed by atoms with E-state index in [2.05, 4.69) is 51.8 Å². The molecule has 0 aliphatic rings. The number of rotatable bonds is 4. The largest absolute Gasteiger partial charge is 0.493 e. The normalized spacial score (nSPS) is 12.6. The summed E-state index contributed by atoms with van der Waals surface area (Å²) in [5.74, 6) is 1.51. The lowest BCUT2D eigenvalue weighted by atomic mass is 10.2. The standard InChI is InChI=1S/C11H14Br2O/c1-8(6-12)7-14-11-4-3-10(13)5-9(11)2/h3-5,8H,6-7H2,1-2H3. The molecule has 0 aromatic heterocycles. The smallest absolute Gasteiger partial charge is 0.122 e. The van der Waals surface area contributed by atoms with Gasteiger partial charge in [0.1, 0.15) is 5.75 Å². The van der Waals surface area contributed by atoms with E-state index >= 15 is 0 Å². The molecule has 0 aliphatic carbocycles. The maximum Gasteiger partial charge on any atom is 0.122 e. The summed E-state index contributed by atoms with van der Waals surface area (Å²) in [4.78, 5) is 0. The molecule has 1 aromatic carbocycles. The lowest BCUT2D eigenvalue weighted by Gasteiger charge is -2.12. The van der Waals surface area contributed by atoms with Gasteiger partial charge in [-0.3, -0.25) is 0 Å². The van der Waals surface area contributed by atoms with Crippen molar-refractivity contribution in [2.24, 2.45) is 5.92 Å². The second-order valence-corrected chi connectivity index (χ2v) is 5.04. The minimum absolute atomic E-state index is 0.540. The molecule has 0 saturated carbocycles. The first-order valence-electron chi connectivity index (χ1n) is 4.58. The molecule has 78 valence electrons. The summed E-state index contributed by atoms with van der Waals surface area (Å²) in [7, 11) is 0. The molecule has 0 saturated heterocycles. The van der Waals surface area contributed by atoms with Crippen LogP contribution in [-0.2, 0) is 0 Å². The number of benzene rings is 1. The van der Waals surface area contributed by atoms with E-state index in [-0.39, 0.29) is 0 Å². The fourth-order valence-corrected chi connectivity index (χ4v) is 1.71. The molecule has 0 amide bonds. The highest BCUT2D eigenvalue weighted by Crippen LogP contribution is 2.22. The number of alkyl halides is 1. The molecule has 0 aliphatic heterocycles. The van der Waals surface area contributed by atoms with Crippen molar-refractivity contribution in [1.82, 2.24) is 0 Å². The number of halogens is 2. The fraction of sp³-hybridized carbons (Fsp3) is 0.455. The van der Waals surface area contributed by atoms with Crippen molar-refractivity contribution in [2.45, 2.75) is 13.8 Å². The zero-order chi connectivity index (χ0) is 10.6. The molecule has 0 heterocycles. The van der Waals surface area contributed by atoms with Crippen LogP contribution in [-0.4, -0.2) is 11.9 Å². The molecule has 1 nitrogen and oxygen atoms in total. The van der Waals surface area contributed by atoms with Crippen LogP contribution in [0.3, 0.4) is 0 Å². The maximum absolute atomic E-state index is 5.69. The van der Waals surface area contributed by atoms with Gasteiger partial charge in [-0.1, -0.05) is 38.8 Å². The van der Waals surface area contributed by atoms with Crippen LogP contribution in [0.2, 0.25) is 0 Å². The molecule has 1 rings (SSSR count). The molecular weight excluding hydrogens is 308 g/mol. The molecule has 14 heavy (non-hydrogen) atoms. The van der Waals surface area contributed by atoms with Crippen molar-refractivity contribution in [1.29, 1.82) is 0 Å². The van der Waals surface area contributed by atoms with E-state index in [1.165, 1.54) is 5.56 Å². The van der Waals surface area contributed by atoms with Crippen molar-refractivity contribution in [3.05, 3.63) is 28.2 Å². The second kappa shape index (κ2) is 5.76. The Bertz CT molecular complexity index is 299. The summed E-state index contributed by atoms with van der Waals surface area (Å²) < 4.78 is 6.79. The topological polar surface area (TPSA) is 9.23 Å². The molecule has 1 aromatic rings. The molecule has 0 bridgehead atoms. The summed E-state index contributed by atoms with van der Waals surface area (Å²) in [6.45, 7) is 4.97. The van der Waals surface area contributed by atoms with Gasteiger partial charge < -0.3 is 4.74 Å². The van der Waals surface area contributed by atoms with Gasteiger partial charge in [-0.25, -0.2) is 0 Å². The third kappa shape index (κ3) is 3.62. The van der Waals surface area contributed by atoms with Crippen molar-refractivity contribution in [3.8, 4) is 5.75 Å². The van der Waals surface area contributed by atoms with Crippen molar-refractivity contribution in [3.63, 3.8) is 0 Å². The van der Waals surface area contributed by atoms with Gasteiger partial charge >= 0.3 is 0 Å². The molecule has 0 radical (unpaired) electrons. The Hall–Kier alpha value is -0.0200. The van der Waals surface area contributed by atoms with Crippen LogP contribution >= 0.6 is 31.9 Å². The summed E-state index contributed by atoms with van der Waals surface area (Å²) in [5, 5.41) is 0.975. The van der Waals surface area contributed by atoms with Gasteiger partial charge in [0.05, 0.1) is 6.61 Å². The first-order chi connectivity index (χ1) is 6.63. The Labute approximate surface area is 102 Å². The average Bonchev–Trinajstić information content (AvgIpc) is 2.16. The molecule has 3 heteroatoms. The second-order valence-electron chi connectivity index (χ2n) is 3.48. The Morgan fingerprint density at radius 2 is 2.14 bits per heavy atom. The van der Waals surface area contributed by atoms with Crippen LogP contribution in [0.15, 0.2) is 22.7 Å². The lowest BCUT2D eigenvalue weighted by molar-refractivity contribution is 0.272. The first-order valence-corrected chi connectivity index (χ1v) is 6.50. The van der Waals surface area contributed by atoms with Gasteiger partial charge in [0.15, 0.2) is 0 Å². The van der Waals surface area contributed by atoms with Crippen LogP contribution in [0.1, 0.15) is 12.5 Å². The van der Waals surface area contributed by atoms with Crippen LogP contribution in [0.4, 0.5) is 0 Å². The highest BCUT2D eigenvalue weighted by atomic mass is 79.9. The Balaban J connectivity index is 2.59. The minimum Gasteiger partial charge on any atom is -0.493 e. The van der Waals surface area contributed by atoms with E-state index < -0.39 is 0 Å².